The highest BCUT2D eigenvalue weighted by atomic mass is 16.1. The minimum Gasteiger partial charge on any atom is -0.297 e. The fourth-order valence-corrected chi connectivity index (χ4v) is 4.21. The lowest BCUT2D eigenvalue weighted by atomic mass is 9.92. The molecule has 0 spiro atoms. The van der Waals surface area contributed by atoms with Gasteiger partial charge in [0.2, 0.25) is 0 Å². The first kappa shape index (κ1) is 17.8. The van der Waals surface area contributed by atoms with Crippen LogP contribution >= 0.6 is 0 Å². The summed E-state index contributed by atoms with van der Waals surface area (Å²) in [5.41, 5.74) is 2.98. The molecule has 1 atom stereocenters. The number of hydrogen-bond donors (Lipinski definition) is 1. The molecule has 29 heavy (non-hydrogen) atoms. The van der Waals surface area contributed by atoms with Crippen LogP contribution in [0.15, 0.2) is 65.7 Å². The van der Waals surface area contributed by atoms with E-state index in [1.165, 1.54) is 5.39 Å². The Labute approximate surface area is 168 Å². The first-order chi connectivity index (χ1) is 14.2. The van der Waals surface area contributed by atoms with Gasteiger partial charge in [0.25, 0.3) is 5.56 Å². The number of H-pyrrole nitrogens is 1. The van der Waals surface area contributed by atoms with E-state index in [9.17, 15) is 4.79 Å². The molecule has 1 unspecified atom stereocenters. The zero-order chi connectivity index (χ0) is 19.8. The van der Waals surface area contributed by atoms with E-state index < -0.39 is 0 Å². The summed E-state index contributed by atoms with van der Waals surface area (Å²) in [5.74, 6) is 0.636. The normalized spacial score (nSPS) is 16.3. The fourth-order valence-electron chi connectivity index (χ4n) is 4.21. The standard InChI is InChI=1S/C23H23N5O/c1-27(15-18-12-16-6-2-3-7-17(16)14-25-18)19-9-10-21-20(13-19)23(29)28(26-21)22-8-4-5-11-24-22/h2-8,11-12,14,19,26H,9-10,13,15H2,1H3. The molecule has 4 aromatic rings. The number of aromatic nitrogens is 4. The molecule has 5 rings (SSSR count). The van der Waals surface area contributed by atoms with Crippen LogP contribution in [0.3, 0.4) is 0 Å². The molecule has 6 heteroatoms. The Morgan fingerprint density at radius 1 is 1.14 bits per heavy atom. The number of hydrogen-bond acceptors (Lipinski definition) is 4. The van der Waals surface area contributed by atoms with E-state index in [4.69, 9.17) is 0 Å². The third-order valence-corrected chi connectivity index (χ3v) is 5.84. The highest BCUT2D eigenvalue weighted by Crippen LogP contribution is 2.23. The highest BCUT2D eigenvalue weighted by Gasteiger charge is 2.27. The first-order valence-corrected chi connectivity index (χ1v) is 9.97. The summed E-state index contributed by atoms with van der Waals surface area (Å²) < 4.78 is 1.57. The van der Waals surface area contributed by atoms with Crippen molar-refractivity contribution < 1.29 is 0 Å². The van der Waals surface area contributed by atoms with Gasteiger partial charge in [-0.3, -0.25) is 19.8 Å². The van der Waals surface area contributed by atoms with E-state index in [0.717, 1.165) is 48.1 Å². The van der Waals surface area contributed by atoms with Crippen molar-refractivity contribution >= 4 is 10.8 Å². The second kappa shape index (κ2) is 7.29. The summed E-state index contributed by atoms with van der Waals surface area (Å²) in [4.78, 5) is 24.2. The Kier molecular flexibility index (Phi) is 4.48. The number of aromatic amines is 1. The molecule has 0 saturated carbocycles. The fraction of sp³-hybridized carbons (Fsp3) is 0.261. The predicted molar refractivity (Wildman–Crippen MR) is 113 cm³/mol. The van der Waals surface area contributed by atoms with Gasteiger partial charge in [0, 0.05) is 41.6 Å². The molecule has 0 saturated heterocycles. The van der Waals surface area contributed by atoms with Crippen molar-refractivity contribution in [3.63, 3.8) is 0 Å². The molecule has 0 aliphatic heterocycles. The van der Waals surface area contributed by atoms with Gasteiger partial charge >= 0.3 is 0 Å². The number of aryl methyl sites for hydroxylation is 1. The SMILES string of the molecule is CN(Cc1cc2ccccc2cn1)C1CCc2[nH]n(-c3ccccn3)c(=O)c2C1. The molecule has 0 amide bonds. The predicted octanol–water partition coefficient (Wildman–Crippen LogP) is 3.10. The summed E-state index contributed by atoms with van der Waals surface area (Å²) in [6.07, 6.45) is 6.27. The van der Waals surface area contributed by atoms with E-state index in [2.05, 4.69) is 51.3 Å². The van der Waals surface area contributed by atoms with Crippen LogP contribution in [0.2, 0.25) is 0 Å². The molecular weight excluding hydrogens is 362 g/mol. The Morgan fingerprint density at radius 2 is 1.97 bits per heavy atom. The van der Waals surface area contributed by atoms with Crippen LogP contribution in [0.5, 0.6) is 0 Å². The molecular formula is C23H23N5O. The highest BCUT2D eigenvalue weighted by molar-refractivity contribution is 5.81. The maximum atomic E-state index is 12.9. The molecule has 1 aliphatic carbocycles. The van der Waals surface area contributed by atoms with Crippen LogP contribution in [-0.2, 0) is 19.4 Å². The van der Waals surface area contributed by atoms with Crippen LogP contribution in [-0.4, -0.2) is 37.7 Å². The van der Waals surface area contributed by atoms with Crippen LogP contribution in [0.1, 0.15) is 23.4 Å². The molecule has 146 valence electrons. The number of nitrogens with one attached hydrogen (secondary N) is 1. The summed E-state index contributed by atoms with van der Waals surface area (Å²) in [7, 11) is 2.12. The van der Waals surface area contributed by atoms with E-state index in [-0.39, 0.29) is 5.56 Å². The van der Waals surface area contributed by atoms with Crippen LogP contribution < -0.4 is 5.56 Å². The molecule has 3 heterocycles. The van der Waals surface area contributed by atoms with Crippen LogP contribution in [0, 0.1) is 0 Å². The zero-order valence-electron chi connectivity index (χ0n) is 16.4. The second-order valence-corrected chi connectivity index (χ2v) is 7.73. The number of rotatable bonds is 4. The zero-order valence-corrected chi connectivity index (χ0v) is 16.4. The Bertz CT molecular complexity index is 1210. The average molecular weight is 385 g/mol. The van der Waals surface area contributed by atoms with Gasteiger partial charge in [0.05, 0.1) is 5.69 Å². The molecule has 1 aromatic carbocycles. The maximum absolute atomic E-state index is 12.9. The third kappa shape index (κ3) is 3.36. The van der Waals surface area contributed by atoms with Gasteiger partial charge in [-0.05, 0) is 49.9 Å². The Balaban J connectivity index is 1.36. The molecule has 0 radical (unpaired) electrons. The number of benzene rings is 1. The Hall–Kier alpha value is -3.25. The van der Waals surface area contributed by atoms with Crippen molar-refractivity contribution in [3.8, 4) is 5.82 Å². The average Bonchev–Trinajstić information content (AvgIpc) is 3.10. The van der Waals surface area contributed by atoms with Crippen molar-refractivity contribution in [3.05, 3.63) is 88.2 Å². The molecule has 3 aromatic heterocycles. The molecule has 0 bridgehead atoms. The van der Waals surface area contributed by atoms with Crippen molar-refractivity contribution in [2.45, 2.75) is 31.8 Å². The van der Waals surface area contributed by atoms with Crippen LogP contribution in [0.25, 0.3) is 16.6 Å². The lowest BCUT2D eigenvalue weighted by molar-refractivity contribution is 0.211. The largest absolute Gasteiger partial charge is 0.297 e. The van der Waals surface area contributed by atoms with Crippen LogP contribution in [0.4, 0.5) is 0 Å². The van der Waals surface area contributed by atoms with Gasteiger partial charge in [-0.1, -0.05) is 30.3 Å². The number of pyridine rings is 2. The van der Waals surface area contributed by atoms with Gasteiger partial charge in [-0.15, -0.1) is 0 Å². The van der Waals surface area contributed by atoms with Gasteiger partial charge in [-0.2, -0.15) is 0 Å². The second-order valence-electron chi connectivity index (χ2n) is 7.73. The van der Waals surface area contributed by atoms with E-state index >= 15 is 0 Å². The van der Waals surface area contributed by atoms with Gasteiger partial charge < -0.3 is 0 Å². The smallest absolute Gasteiger partial charge is 0.276 e. The monoisotopic (exact) mass is 385 g/mol. The molecule has 1 N–H and O–H groups in total. The van der Waals surface area contributed by atoms with Crippen molar-refractivity contribution in [1.29, 1.82) is 0 Å². The lowest BCUT2D eigenvalue weighted by Crippen LogP contribution is -2.37. The first-order valence-electron chi connectivity index (χ1n) is 9.97. The topological polar surface area (TPSA) is 66.8 Å². The lowest BCUT2D eigenvalue weighted by Gasteiger charge is -2.30. The van der Waals surface area contributed by atoms with E-state index in [1.807, 2.05) is 30.5 Å². The summed E-state index contributed by atoms with van der Waals surface area (Å²) in [5, 5.41) is 5.62. The molecule has 6 nitrogen and oxygen atoms in total. The van der Waals surface area contributed by atoms with Crippen molar-refractivity contribution in [1.82, 2.24) is 24.6 Å². The number of nitrogens with zero attached hydrogens (tertiary/aromatic N) is 4. The van der Waals surface area contributed by atoms with Gasteiger partial charge in [-0.25, -0.2) is 9.67 Å². The maximum Gasteiger partial charge on any atom is 0.276 e. The quantitative estimate of drug-likeness (QED) is 0.586. The molecule has 1 aliphatic rings. The minimum absolute atomic E-state index is 0.0145. The summed E-state index contributed by atoms with van der Waals surface area (Å²) in [6, 6.07) is 16.3. The van der Waals surface area contributed by atoms with Gasteiger partial charge in [0.15, 0.2) is 5.82 Å². The Morgan fingerprint density at radius 3 is 2.79 bits per heavy atom. The third-order valence-electron chi connectivity index (χ3n) is 5.84. The van der Waals surface area contributed by atoms with Crippen molar-refractivity contribution in [2.75, 3.05) is 7.05 Å². The van der Waals surface area contributed by atoms with Crippen molar-refractivity contribution in [2.24, 2.45) is 0 Å². The minimum atomic E-state index is 0.0145. The van der Waals surface area contributed by atoms with E-state index in [0.29, 0.717) is 11.9 Å². The number of likely N-dealkylation sites (N-methyl/N-ethyl adjacent to an activating group) is 1. The summed E-state index contributed by atoms with van der Waals surface area (Å²) in [6.45, 7) is 0.768. The van der Waals surface area contributed by atoms with Gasteiger partial charge in [0.1, 0.15) is 0 Å². The summed E-state index contributed by atoms with van der Waals surface area (Å²) >= 11 is 0. The number of fused-ring (bicyclic) bond motifs is 2. The van der Waals surface area contributed by atoms with E-state index in [1.54, 1.807) is 10.9 Å². The molecule has 0 fully saturated rings.